The summed E-state index contributed by atoms with van der Waals surface area (Å²) in [6.45, 7) is 4.75. The van der Waals surface area contributed by atoms with E-state index in [-0.39, 0.29) is 17.6 Å². The highest BCUT2D eigenvalue weighted by molar-refractivity contribution is 5.11. The zero-order chi connectivity index (χ0) is 14.8. The van der Waals surface area contributed by atoms with Crippen LogP contribution in [-0.4, -0.2) is 22.4 Å². The van der Waals surface area contributed by atoms with Gasteiger partial charge >= 0.3 is 0 Å². The number of rotatable bonds is 0. The Morgan fingerprint density at radius 1 is 0.857 bits per heavy atom. The quantitative estimate of drug-likeness (QED) is 0.714. The fourth-order valence-corrected chi connectivity index (χ4v) is 7.39. The molecule has 0 aromatic rings. The smallest absolute Gasteiger partial charge is 0.0597 e. The number of hydrogen-bond donors (Lipinski definition) is 2. The molecule has 5 unspecified atom stereocenters. The van der Waals surface area contributed by atoms with Crippen molar-refractivity contribution in [3.05, 3.63) is 0 Å². The van der Waals surface area contributed by atoms with Gasteiger partial charge in [-0.05, 0) is 79.4 Å². The van der Waals surface area contributed by atoms with Crippen molar-refractivity contribution in [3.8, 4) is 0 Å². The second-order valence-electron chi connectivity index (χ2n) is 9.19. The first-order valence-electron chi connectivity index (χ1n) is 9.33. The Balaban J connectivity index is 1.70. The molecule has 0 heterocycles. The summed E-state index contributed by atoms with van der Waals surface area (Å²) in [5.74, 6) is 2.66. The maximum absolute atomic E-state index is 11.0. The van der Waals surface area contributed by atoms with Crippen LogP contribution in [-0.2, 0) is 0 Å². The predicted octanol–water partition coefficient (Wildman–Crippen LogP) is 3.75. The summed E-state index contributed by atoms with van der Waals surface area (Å²) in [7, 11) is 0. The van der Waals surface area contributed by atoms with Crippen molar-refractivity contribution in [2.24, 2.45) is 34.5 Å². The van der Waals surface area contributed by atoms with E-state index in [1.807, 2.05) is 0 Å². The maximum atomic E-state index is 11.0. The average molecular weight is 292 g/mol. The third kappa shape index (κ3) is 1.84. The molecule has 2 N–H and O–H groups in total. The molecule has 4 aliphatic carbocycles. The first-order valence-corrected chi connectivity index (χ1v) is 9.33. The van der Waals surface area contributed by atoms with Crippen LogP contribution in [0.25, 0.3) is 0 Å². The van der Waals surface area contributed by atoms with E-state index in [4.69, 9.17) is 0 Å². The summed E-state index contributed by atoms with van der Waals surface area (Å²) in [5.41, 5.74) is 0.355. The Hall–Kier alpha value is -0.0800. The van der Waals surface area contributed by atoms with Crippen LogP contribution in [0.5, 0.6) is 0 Å². The van der Waals surface area contributed by atoms with Crippen molar-refractivity contribution in [1.29, 1.82) is 0 Å². The second kappa shape index (κ2) is 4.71. The Morgan fingerprint density at radius 3 is 2.48 bits per heavy atom. The molecule has 0 saturated heterocycles. The van der Waals surface area contributed by atoms with Crippen molar-refractivity contribution in [3.63, 3.8) is 0 Å². The molecule has 0 aromatic heterocycles. The van der Waals surface area contributed by atoms with E-state index in [0.717, 1.165) is 18.8 Å². The largest absolute Gasteiger partial charge is 0.393 e. The van der Waals surface area contributed by atoms with Gasteiger partial charge in [-0.2, -0.15) is 0 Å². The number of fused-ring (bicyclic) bond motifs is 5. The minimum Gasteiger partial charge on any atom is -0.393 e. The molecule has 0 amide bonds. The van der Waals surface area contributed by atoms with Gasteiger partial charge in [0.05, 0.1) is 12.2 Å². The molecule has 4 rings (SSSR count). The lowest BCUT2D eigenvalue weighted by Gasteiger charge is -2.61. The molecule has 0 aromatic carbocycles. The summed E-state index contributed by atoms with van der Waals surface area (Å²) < 4.78 is 0. The zero-order valence-corrected chi connectivity index (χ0v) is 13.7. The number of hydrogen-bond acceptors (Lipinski definition) is 2. The Bertz CT molecular complexity index is 422. The molecular weight excluding hydrogens is 260 g/mol. The van der Waals surface area contributed by atoms with Crippen LogP contribution in [0.3, 0.4) is 0 Å². The van der Waals surface area contributed by atoms with Crippen LogP contribution >= 0.6 is 0 Å². The van der Waals surface area contributed by atoms with Crippen molar-refractivity contribution in [2.45, 2.75) is 83.8 Å². The Morgan fingerprint density at radius 2 is 1.67 bits per heavy atom. The summed E-state index contributed by atoms with van der Waals surface area (Å²) in [4.78, 5) is 0. The molecule has 21 heavy (non-hydrogen) atoms. The van der Waals surface area contributed by atoms with Crippen molar-refractivity contribution in [2.75, 3.05) is 0 Å². The van der Waals surface area contributed by atoms with E-state index >= 15 is 0 Å². The maximum Gasteiger partial charge on any atom is 0.0597 e. The Kier molecular flexibility index (Phi) is 3.25. The first kappa shape index (κ1) is 14.5. The van der Waals surface area contributed by atoms with Gasteiger partial charge in [0.25, 0.3) is 0 Å². The molecular formula is C19H32O2. The van der Waals surface area contributed by atoms with Crippen LogP contribution in [0.4, 0.5) is 0 Å². The third-order valence-electron chi connectivity index (χ3n) is 8.46. The lowest BCUT2D eigenvalue weighted by molar-refractivity contribution is -0.175. The molecule has 0 spiro atoms. The summed E-state index contributed by atoms with van der Waals surface area (Å²) >= 11 is 0. The minimum atomic E-state index is -0.185. The molecule has 2 heteroatoms. The highest BCUT2D eigenvalue weighted by atomic mass is 16.3. The lowest BCUT2D eigenvalue weighted by atomic mass is 9.44. The van der Waals surface area contributed by atoms with Crippen molar-refractivity contribution < 1.29 is 10.2 Å². The Labute approximate surface area is 129 Å². The van der Waals surface area contributed by atoms with Gasteiger partial charge in [0.2, 0.25) is 0 Å². The van der Waals surface area contributed by atoms with Gasteiger partial charge < -0.3 is 10.2 Å². The molecule has 2 nitrogen and oxygen atoms in total. The molecule has 8 atom stereocenters. The van der Waals surface area contributed by atoms with E-state index in [0.29, 0.717) is 23.2 Å². The highest BCUT2D eigenvalue weighted by Gasteiger charge is 2.62. The fourth-order valence-electron chi connectivity index (χ4n) is 7.39. The van der Waals surface area contributed by atoms with Crippen LogP contribution in [0.15, 0.2) is 0 Å². The summed E-state index contributed by atoms with van der Waals surface area (Å²) in [6, 6.07) is 0. The van der Waals surface area contributed by atoms with E-state index in [9.17, 15) is 10.2 Å². The topological polar surface area (TPSA) is 40.5 Å². The fraction of sp³-hybridized carbons (Fsp3) is 1.00. The molecule has 0 aliphatic heterocycles. The second-order valence-corrected chi connectivity index (χ2v) is 9.19. The van der Waals surface area contributed by atoms with Gasteiger partial charge in [-0.25, -0.2) is 0 Å². The van der Waals surface area contributed by atoms with Gasteiger partial charge in [-0.15, -0.1) is 0 Å². The van der Waals surface area contributed by atoms with E-state index < -0.39 is 0 Å². The monoisotopic (exact) mass is 292 g/mol. The van der Waals surface area contributed by atoms with Gasteiger partial charge in [0.1, 0.15) is 0 Å². The van der Waals surface area contributed by atoms with E-state index in [1.54, 1.807) is 0 Å². The van der Waals surface area contributed by atoms with Gasteiger partial charge in [-0.1, -0.05) is 26.7 Å². The average Bonchev–Trinajstić information content (AvgIpc) is 2.73. The van der Waals surface area contributed by atoms with Crippen LogP contribution in [0, 0.1) is 34.5 Å². The summed E-state index contributed by atoms with van der Waals surface area (Å²) in [5, 5.41) is 21.5. The van der Waals surface area contributed by atoms with Crippen LogP contribution in [0.2, 0.25) is 0 Å². The number of aliphatic hydroxyl groups is 2. The lowest BCUT2D eigenvalue weighted by Crippen LogP contribution is -2.58. The SMILES string of the molecule is CC12CCCC[C@@H]1CCC1C2[C@@H](O)CC2(C)C1CC[C@@H]2O. The molecule has 4 aliphatic rings. The molecule has 4 saturated carbocycles. The van der Waals surface area contributed by atoms with Crippen LogP contribution < -0.4 is 0 Å². The summed E-state index contributed by atoms with van der Waals surface area (Å²) in [6.07, 6.45) is 10.7. The normalized spacial score (nSPS) is 60.0. The molecule has 0 bridgehead atoms. The molecule has 0 radical (unpaired) electrons. The van der Waals surface area contributed by atoms with E-state index in [2.05, 4.69) is 13.8 Å². The minimum absolute atomic E-state index is 0.0154. The standard InChI is InChI=1S/C19H32O2/c1-18-10-4-3-5-12(18)6-7-13-14-8-9-16(21)19(14,2)11-15(20)17(13)18/h12-17,20-21H,3-11H2,1-2H3/t12-,13?,14?,15+,16+,17?,18?,19?/m1/s1. The van der Waals surface area contributed by atoms with Gasteiger partial charge in [-0.3, -0.25) is 0 Å². The number of aliphatic hydroxyl groups excluding tert-OH is 2. The zero-order valence-electron chi connectivity index (χ0n) is 13.7. The predicted molar refractivity (Wildman–Crippen MR) is 83.7 cm³/mol. The van der Waals surface area contributed by atoms with Gasteiger partial charge in [0.15, 0.2) is 0 Å². The molecule has 4 fully saturated rings. The highest BCUT2D eigenvalue weighted by Crippen LogP contribution is 2.66. The van der Waals surface area contributed by atoms with Crippen molar-refractivity contribution in [1.82, 2.24) is 0 Å². The molecule has 120 valence electrons. The van der Waals surface area contributed by atoms with Gasteiger partial charge in [0, 0.05) is 0 Å². The first-order chi connectivity index (χ1) is 9.97. The van der Waals surface area contributed by atoms with Crippen molar-refractivity contribution >= 4 is 0 Å². The third-order valence-corrected chi connectivity index (χ3v) is 8.46. The van der Waals surface area contributed by atoms with E-state index in [1.165, 1.54) is 44.9 Å². The van der Waals surface area contributed by atoms with Crippen LogP contribution in [0.1, 0.15) is 71.6 Å².